The number of ether oxygens (including phenoxy) is 1. The molecular formula is C24H20F2N4O3S. The highest BCUT2D eigenvalue weighted by molar-refractivity contribution is 8.15. The summed E-state index contributed by atoms with van der Waals surface area (Å²) < 4.78 is 32.2. The number of nitrogens with zero attached hydrogens (tertiary/aromatic N) is 3. The van der Waals surface area contributed by atoms with E-state index < -0.39 is 22.8 Å². The number of carbonyl (C=O) groups is 2. The lowest BCUT2D eigenvalue weighted by molar-refractivity contribution is -0.128. The van der Waals surface area contributed by atoms with E-state index in [9.17, 15) is 18.4 Å². The first-order chi connectivity index (χ1) is 16.4. The van der Waals surface area contributed by atoms with Gasteiger partial charge in [0, 0.05) is 18.7 Å². The number of nitrogens with one attached hydrogen (secondary N) is 1. The second kappa shape index (κ2) is 10.4. The number of amidine groups is 1. The number of aliphatic imine (C=N–C) groups is 1. The average molecular weight is 483 g/mol. The molecule has 4 rings (SSSR count). The van der Waals surface area contributed by atoms with Crippen LogP contribution in [0.15, 0.2) is 71.9 Å². The van der Waals surface area contributed by atoms with Crippen molar-refractivity contribution in [1.82, 2.24) is 9.88 Å². The molecule has 0 aliphatic carbocycles. The molecule has 1 saturated heterocycles. The molecule has 1 aliphatic rings. The molecule has 1 unspecified atom stereocenters. The molecule has 0 radical (unpaired) electrons. The van der Waals surface area contributed by atoms with E-state index in [0.717, 1.165) is 23.9 Å². The molecule has 174 valence electrons. The third-order valence-corrected chi connectivity index (χ3v) is 6.11. The van der Waals surface area contributed by atoms with Crippen LogP contribution < -0.4 is 10.1 Å². The molecule has 1 N–H and O–H groups in total. The molecule has 2 amide bonds. The molecule has 1 atom stereocenters. The molecular weight excluding hydrogens is 462 g/mol. The molecule has 2 heterocycles. The van der Waals surface area contributed by atoms with Gasteiger partial charge < -0.3 is 10.1 Å². The molecule has 0 spiro atoms. The number of pyridine rings is 1. The summed E-state index contributed by atoms with van der Waals surface area (Å²) in [5.41, 5.74) is 1.12. The van der Waals surface area contributed by atoms with Crippen molar-refractivity contribution in [3.8, 4) is 5.75 Å². The van der Waals surface area contributed by atoms with Gasteiger partial charge in [0.2, 0.25) is 11.8 Å². The van der Waals surface area contributed by atoms with Gasteiger partial charge in [-0.25, -0.2) is 13.8 Å². The number of carbonyl (C=O) groups excluding carboxylic acids is 2. The summed E-state index contributed by atoms with van der Waals surface area (Å²) >= 11 is 1.15. The Morgan fingerprint density at radius 3 is 2.65 bits per heavy atom. The van der Waals surface area contributed by atoms with Gasteiger partial charge in [0.05, 0.1) is 30.7 Å². The number of benzene rings is 2. The number of hydrogen-bond donors (Lipinski definition) is 1. The summed E-state index contributed by atoms with van der Waals surface area (Å²) in [5, 5.41) is 2.06. The number of amides is 2. The SMILES string of the molecule is COc1ccc(N=C2SC(CC(=O)Nc3ccc(F)cc3F)C(=O)N2Cc2ccccn2)cc1. The fourth-order valence-corrected chi connectivity index (χ4v) is 4.41. The lowest BCUT2D eigenvalue weighted by Gasteiger charge is -2.16. The third-order valence-electron chi connectivity index (χ3n) is 4.94. The van der Waals surface area contributed by atoms with Crippen LogP contribution in [-0.2, 0) is 16.1 Å². The number of halogens is 2. The van der Waals surface area contributed by atoms with Crippen molar-refractivity contribution < 1.29 is 23.1 Å². The van der Waals surface area contributed by atoms with Crippen LogP contribution in [0.5, 0.6) is 5.75 Å². The van der Waals surface area contributed by atoms with Gasteiger partial charge >= 0.3 is 0 Å². The molecule has 3 aromatic rings. The summed E-state index contributed by atoms with van der Waals surface area (Å²) in [5.74, 6) is -1.84. The van der Waals surface area contributed by atoms with Gasteiger partial charge in [-0.05, 0) is 48.5 Å². The van der Waals surface area contributed by atoms with Gasteiger partial charge in [0.1, 0.15) is 22.6 Å². The number of methoxy groups -OCH3 is 1. The standard InChI is InChI=1S/C24H20F2N4O3S/c1-33-18-8-6-16(7-9-18)28-24-30(14-17-4-2-3-11-27-17)23(32)21(34-24)13-22(31)29-20-10-5-15(25)12-19(20)26/h2-12,21H,13-14H2,1H3,(H,29,31). The Labute approximate surface area is 198 Å². The van der Waals surface area contributed by atoms with Gasteiger partial charge in [-0.3, -0.25) is 19.5 Å². The lowest BCUT2D eigenvalue weighted by atomic mass is 10.2. The van der Waals surface area contributed by atoms with E-state index in [2.05, 4.69) is 15.3 Å². The highest BCUT2D eigenvalue weighted by Crippen LogP contribution is 2.33. The van der Waals surface area contributed by atoms with Crippen molar-refractivity contribution in [2.45, 2.75) is 18.2 Å². The largest absolute Gasteiger partial charge is 0.497 e. The van der Waals surface area contributed by atoms with Gasteiger partial charge in [0.25, 0.3) is 0 Å². The Morgan fingerprint density at radius 2 is 1.97 bits per heavy atom. The van der Waals surface area contributed by atoms with Crippen LogP contribution in [0.4, 0.5) is 20.2 Å². The maximum absolute atomic E-state index is 13.9. The molecule has 1 aromatic heterocycles. The van der Waals surface area contributed by atoms with Crippen molar-refractivity contribution in [2.24, 2.45) is 4.99 Å². The maximum Gasteiger partial charge on any atom is 0.243 e. The zero-order valence-electron chi connectivity index (χ0n) is 18.1. The summed E-state index contributed by atoms with van der Waals surface area (Å²) in [6.45, 7) is 0.187. The van der Waals surface area contributed by atoms with E-state index >= 15 is 0 Å². The van der Waals surface area contributed by atoms with Gasteiger partial charge in [-0.15, -0.1) is 0 Å². The Morgan fingerprint density at radius 1 is 1.18 bits per heavy atom. The molecule has 0 saturated carbocycles. The van der Waals surface area contributed by atoms with E-state index in [1.165, 1.54) is 4.90 Å². The normalized spacial score (nSPS) is 16.7. The zero-order chi connectivity index (χ0) is 24.1. The number of rotatable bonds is 7. The summed E-state index contributed by atoms with van der Waals surface area (Å²) in [4.78, 5) is 36.1. The minimum Gasteiger partial charge on any atom is -0.497 e. The molecule has 7 nitrogen and oxygen atoms in total. The maximum atomic E-state index is 13.9. The highest BCUT2D eigenvalue weighted by Gasteiger charge is 2.39. The molecule has 34 heavy (non-hydrogen) atoms. The summed E-state index contributed by atoms with van der Waals surface area (Å²) in [7, 11) is 1.56. The van der Waals surface area contributed by atoms with E-state index in [-0.39, 0.29) is 24.6 Å². The van der Waals surface area contributed by atoms with Crippen LogP contribution in [-0.4, -0.2) is 39.2 Å². The average Bonchev–Trinajstić information content (AvgIpc) is 3.11. The van der Waals surface area contributed by atoms with Crippen molar-refractivity contribution in [3.63, 3.8) is 0 Å². The zero-order valence-corrected chi connectivity index (χ0v) is 18.9. The Kier molecular flexibility index (Phi) is 7.17. The Bertz CT molecular complexity index is 1220. The molecule has 1 fully saturated rings. The van der Waals surface area contributed by atoms with E-state index in [1.807, 2.05) is 6.07 Å². The Balaban J connectivity index is 1.54. The van der Waals surface area contributed by atoms with Crippen molar-refractivity contribution in [3.05, 3.63) is 84.2 Å². The molecule has 10 heteroatoms. The fraction of sp³-hybridized carbons (Fsp3) is 0.167. The van der Waals surface area contributed by atoms with Crippen LogP contribution >= 0.6 is 11.8 Å². The van der Waals surface area contributed by atoms with Crippen LogP contribution in [0.3, 0.4) is 0 Å². The third kappa shape index (κ3) is 5.57. The topological polar surface area (TPSA) is 83.9 Å². The highest BCUT2D eigenvalue weighted by atomic mass is 32.2. The van der Waals surface area contributed by atoms with Crippen molar-refractivity contribution in [2.75, 3.05) is 12.4 Å². The first-order valence-corrected chi connectivity index (χ1v) is 11.2. The van der Waals surface area contributed by atoms with Crippen LogP contribution in [0, 0.1) is 11.6 Å². The number of anilines is 1. The minimum atomic E-state index is -0.891. The lowest BCUT2D eigenvalue weighted by Crippen LogP contribution is -2.33. The Hall–Kier alpha value is -3.79. The minimum absolute atomic E-state index is 0.153. The smallest absolute Gasteiger partial charge is 0.243 e. The van der Waals surface area contributed by atoms with Gasteiger partial charge in [-0.1, -0.05) is 17.8 Å². The second-order valence-corrected chi connectivity index (χ2v) is 8.49. The fourth-order valence-electron chi connectivity index (χ4n) is 3.25. The quantitative estimate of drug-likeness (QED) is 0.535. The predicted octanol–water partition coefficient (Wildman–Crippen LogP) is 4.53. The van der Waals surface area contributed by atoms with Crippen molar-refractivity contribution >= 4 is 40.1 Å². The van der Waals surface area contributed by atoms with Crippen molar-refractivity contribution in [1.29, 1.82) is 0 Å². The first kappa shape index (κ1) is 23.4. The van der Waals surface area contributed by atoms with E-state index in [4.69, 9.17) is 4.74 Å². The van der Waals surface area contributed by atoms with Crippen LogP contribution in [0.25, 0.3) is 0 Å². The first-order valence-electron chi connectivity index (χ1n) is 10.3. The predicted molar refractivity (Wildman–Crippen MR) is 126 cm³/mol. The number of aromatic nitrogens is 1. The van der Waals surface area contributed by atoms with E-state index in [1.54, 1.807) is 49.7 Å². The van der Waals surface area contributed by atoms with Crippen LogP contribution in [0.2, 0.25) is 0 Å². The monoisotopic (exact) mass is 482 g/mol. The number of thioether (sulfide) groups is 1. The number of hydrogen-bond acceptors (Lipinski definition) is 6. The second-order valence-electron chi connectivity index (χ2n) is 7.32. The van der Waals surface area contributed by atoms with Gasteiger partial charge in [-0.2, -0.15) is 0 Å². The summed E-state index contributed by atoms with van der Waals surface area (Å²) in [6.07, 6.45) is 1.42. The molecule has 0 bridgehead atoms. The van der Waals surface area contributed by atoms with E-state index in [0.29, 0.717) is 28.4 Å². The summed E-state index contributed by atoms with van der Waals surface area (Å²) in [6, 6.07) is 15.3. The van der Waals surface area contributed by atoms with Gasteiger partial charge in [0.15, 0.2) is 5.17 Å². The molecule has 2 aromatic carbocycles. The molecule has 1 aliphatic heterocycles. The van der Waals surface area contributed by atoms with Crippen LogP contribution in [0.1, 0.15) is 12.1 Å².